The summed E-state index contributed by atoms with van der Waals surface area (Å²) < 4.78 is 0. The molecular formula is C11H22N. The maximum atomic E-state index is 3.88. The Kier molecular flexibility index (Phi) is 4.67. The van der Waals surface area contributed by atoms with Gasteiger partial charge in [-0.15, -0.1) is 0 Å². The van der Waals surface area contributed by atoms with E-state index in [0.29, 0.717) is 0 Å². The van der Waals surface area contributed by atoms with Crippen molar-refractivity contribution >= 4 is 0 Å². The SMILES string of the molecule is [CH2]CCCN(C)C1CCCCC1. The van der Waals surface area contributed by atoms with E-state index in [9.17, 15) is 0 Å². The van der Waals surface area contributed by atoms with Gasteiger partial charge in [-0.2, -0.15) is 0 Å². The Labute approximate surface area is 77.1 Å². The third-order valence-electron chi connectivity index (χ3n) is 2.96. The molecule has 1 fully saturated rings. The minimum atomic E-state index is 0.880. The average Bonchev–Trinajstić information content (AvgIpc) is 2.15. The predicted octanol–water partition coefficient (Wildman–Crippen LogP) is 2.87. The van der Waals surface area contributed by atoms with Gasteiger partial charge in [0.2, 0.25) is 0 Å². The van der Waals surface area contributed by atoms with Crippen LogP contribution in [-0.2, 0) is 0 Å². The molecule has 0 atom stereocenters. The number of hydrogen-bond donors (Lipinski definition) is 0. The maximum absolute atomic E-state index is 3.88. The zero-order valence-electron chi connectivity index (χ0n) is 8.39. The number of unbranched alkanes of at least 4 members (excludes halogenated alkanes) is 1. The number of hydrogen-bond acceptors (Lipinski definition) is 1. The third-order valence-corrected chi connectivity index (χ3v) is 2.96. The van der Waals surface area contributed by atoms with Crippen LogP contribution in [0.4, 0.5) is 0 Å². The molecule has 0 spiro atoms. The highest BCUT2D eigenvalue weighted by molar-refractivity contribution is 4.73. The zero-order chi connectivity index (χ0) is 8.81. The lowest BCUT2D eigenvalue weighted by molar-refractivity contribution is 0.190. The topological polar surface area (TPSA) is 3.24 Å². The van der Waals surface area contributed by atoms with Crippen LogP contribution in [0.2, 0.25) is 0 Å². The normalized spacial score (nSPS) is 20.2. The molecule has 1 aliphatic carbocycles. The Morgan fingerprint density at radius 3 is 2.50 bits per heavy atom. The van der Waals surface area contributed by atoms with Crippen molar-refractivity contribution in [3.63, 3.8) is 0 Å². The molecule has 1 rings (SSSR count). The van der Waals surface area contributed by atoms with Crippen LogP contribution in [0.5, 0.6) is 0 Å². The molecule has 1 heteroatoms. The van der Waals surface area contributed by atoms with Crippen LogP contribution in [0.1, 0.15) is 44.9 Å². The summed E-state index contributed by atoms with van der Waals surface area (Å²) in [6, 6.07) is 0.880. The minimum Gasteiger partial charge on any atom is -0.303 e. The molecule has 71 valence electrons. The van der Waals surface area contributed by atoms with Gasteiger partial charge in [-0.25, -0.2) is 0 Å². The van der Waals surface area contributed by atoms with Crippen molar-refractivity contribution < 1.29 is 0 Å². The van der Waals surface area contributed by atoms with Crippen LogP contribution in [0.15, 0.2) is 0 Å². The molecule has 0 aromatic rings. The van der Waals surface area contributed by atoms with Crippen molar-refractivity contribution in [2.75, 3.05) is 13.6 Å². The Hall–Kier alpha value is -0.0400. The highest BCUT2D eigenvalue weighted by Gasteiger charge is 2.16. The zero-order valence-corrected chi connectivity index (χ0v) is 8.39. The first-order valence-corrected chi connectivity index (χ1v) is 5.34. The fourth-order valence-corrected chi connectivity index (χ4v) is 2.07. The van der Waals surface area contributed by atoms with Crippen molar-refractivity contribution in [1.29, 1.82) is 0 Å². The van der Waals surface area contributed by atoms with Crippen molar-refractivity contribution in [2.45, 2.75) is 51.0 Å². The van der Waals surface area contributed by atoms with E-state index in [1.807, 2.05) is 0 Å². The Bertz CT molecular complexity index is 106. The summed E-state index contributed by atoms with van der Waals surface area (Å²) in [5, 5.41) is 0. The van der Waals surface area contributed by atoms with Gasteiger partial charge < -0.3 is 4.90 Å². The average molecular weight is 168 g/mol. The third kappa shape index (κ3) is 3.14. The van der Waals surface area contributed by atoms with Crippen molar-refractivity contribution in [2.24, 2.45) is 0 Å². The molecule has 0 N–H and O–H groups in total. The summed E-state index contributed by atoms with van der Waals surface area (Å²) in [5.74, 6) is 0. The summed E-state index contributed by atoms with van der Waals surface area (Å²) in [6.07, 6.45) is 9.53. The maximum Gasteiger partial charge on any atom is 0.00922 e. The van der Waals surface area contributed by atoms with Crippen molar-refractivity contribution in [3.8, 4) is 0 Å². The molecule has 0 aromatic heterocycles. The molecule has 0 heterocycles. The van der Waals surface area contributed by atoms with Gasteiger partial charge in [0.05, 0.1) is 0 Å². The number of rotatable bonds is 4. The lowest BCUT2D eigenvalue weighted by atomic mass is 9.94. The largest absolute Gasteiger partial charge is 0.303 e. The van der Waals surface area contributed by atoms with Gasteiger partial charge in [0, 0.05) is 6.04 Å². The van der Waals surface area contributed by atoms with Gasteiger partial charge in [0.15, 0.2) is 0 Å². The molecule has 0 aromatic carbocycles. The molecule has 0 amide bonds. The molecule has 12 heavy (non-hydrogen) atoms. The summed E-state index contributed by atoms with van der Waals surface area (Å²) in [4.78, 5) is 2.53. The fraction of sp³-hybridized carbons (Fsp3) is 0.909. The standard InChI is InChI=1S/C11H22N/c1-3-4-10-12(2)11-8-6-5-7-9-11/h11H,1,3-10H2,2H3. The second-order valence-electron chi connectivity index (χ2n) is 3.98. The monoisotopic (exact) mass is 168 g/mol. The van der Waals surface area contributed by atoms with E-state index in [-0.39, 0.29) is 0 Å². The van der Waals surface area contributed by atoms with Gasteiger partial charge in [0.25, 0.3) is 0 Å². The van der Waals surface area contributed by atoms with Gasteiger partial charge in [0.1, 0.15) is 0 Å². The molecule has 1 saturated carbocycles. The molecule has 0 aliphatic heterocycles. The summed E-state index contributed by atoms with van der Waals surface area (Å²) in [5.41, 5.74) is 0. The van der Waals surface area contributed by atoms with E-state index in [4.69, 9.17) is 0 Å². The highest BCUT2D eigenvalue weighted by atomic mass is 15.1. The summed E-state index contributed by atoms with van der Waals surface area (Å²) in [6.45, 7) is 5.12. The van der Waals surface area contributed by atoms with Gasteiger partial charge in [-0.3, -0.25) is 0 Å². The number of nitrogens with zero attached hydrogens (tertiary/aromatic N) is 1. The van der Waals surface area contributed by atoms with Gasteiger partial charge in [-0.1, -0.05) is 32.6 Å². The molecule has 1 nitrogen and oxygen atoms in total. The van der Waals surface area contributed by atoms with Gasteiger partial charge in [-0.05, 0) is 32.9 Å². The molecule has 1 aliphatic rings. The van der Waals surface area contributed by atoms with Crippen LogP contribution < -0.4 is 0 Å². The van der Waals surface area contributed by atoms with Gasteiger partial charge >= 0.3 is 0 Å². The first-order valence-electron chi connectivity index (χ1n) is 5.34. The van der Waals surface area contributed by atoms with Crippen molar-refractivity contribution in [1.82, 2.24) is 4.90 Å². The molecule has 1 radical (unpaired) electrons. The second kappa shape index (κ2) is 5.58. The fourth-order valence-electron chi connectivity index (χ4n) is 2.07. The van der Waals surface area contributed by atoms with Crippen LogP contribution in [0, 0.1) is 6.92 Å². The van der Waals surface area contributed by atoms with Crippen LogP contribution >= 0.6 is 0 Å². The molecule has 0 unspecified atom stereocenters. The second-order valence-corrected chi connectivity index (χ2v) is 3.98. The highest BCUT2D eigenvalue weighted by Crippen LogP contribution is 2.21. The Morgan fingerprint density at radius 1 is 1.25 bits per heavy atom. The van der Waals surface area contributed by atoms with E-state index < -0.39 is 0 Å². The van der Waals surface area contributed by atoms with E-state index in [1.165, 1.54) is 45.1 Å². The first-order chi connectivity index (χ1) is 5.84. The predicted molar refractivity (Wildman–Crippen MR) is 54.1 cm³/mol. The van der Waals surface area contributed by atoms with E-state index in [2.05, 4.69) is 18.9 Å². The van der Waals surface area contributed by atoms with Crippen LogP contribution in [0.25, 0.3) is 0 Å². The molecule has 0 saturated heterocycles. The minimum absolute atomic E-state index is 0.880. The lowest BCUT2D eigenvalue weighted by Crippen LogP contribution is -2.33. The van der Waals surface area contributed by atoms with E-state index >= 15 is 0 Å². The van der Waals surface area contributed by atoms with Crippen LogP contribution in [-0.4, -0.2) is 24.5 Å². The first kappa shape index (κ1) is 10.0. The summed E-state index contributed by atoms with van der Waals surface area (Å²) in [7, 11) is 2.27. The summed E-state index contributed by atoms with van der Waals surface area (Å²) >= 11 is 0. The smallest absolute Gasteiger partial charge is 0.00922 e. The van der Waals surface area contributed by atoms with E-state index in [1.54, 1.807) is 0 Å². The molecular weight excluding hydrogens is 146 g/mol. The quantitative estimate of drug-likeness (QED) is 0.624. The van der Waals surface area contributed by atoms with Crippen molar-refractivity contribution in [3.05, 3.63) is 6.92 Å². The Morgan fingerprint density at radius 2 is 1.92 bits per heavy atom. The van der Waals surface area contributed by atoms with E-state index in [0.717, 1.165) is 12.5 Å². The Balaban J connectivity index is 2.15. The van der Waals surface area contributed by atoms with Crippen LogP contribution in [0.3, 0.4) is 0 Å². The lowest BCUT2D eigenvalue weighted by Gasteiger charge is -2.31. The molecule has 0 bridgehead atoms.